The Morgan fingerprint density at radius 2 is 1.67 bits per heavy atom. The fourth-order valence-corrected chi connectivity index (χ4v) is 6.69. The first-order valence-electron chi connectivity index (χ1n) is 12.3. The number of likely N-dealkylation sites (tertiary alicyclic amines) is 2. The van der Waals surface area contributed by atoms with Crippen molar-refractivity contribution in [3.05, 3.63) is 28.8 Å². The van der Waals surface area contributed by atoms with E-state index in [0.29, 0.717) is 10.8 Å². The van der Waals surface area contributed by atoms with Crippen molar-refractivity contribution < 1.29 is 17.9 Å². The molecule has 7 nitrogen and oxygen atoms in total. The maximum absolute atomic E-state index is 13.0. The summed E-state index contributed by atoms with van der Waals surface area (Å²) in [5.74, 6) is 0.715. The highest BCUT2D eigenvalue weighted by Gasteiger charge is 2.26. The first kappa shape index (κ1) is 26.1. The Balaban J connectivity index is 1.37. The van der Waals surface area contributed by atoms with Crippen LogP contribution in [0, 0.1) is 26.7 Å². The summed E-state index contributed by atoms with van der Waals surface area (Å²) < 4.78 is 32.9. The Labute approximate surface area is 200 Å². The number of ether oxygens (including phenoxy) is 1. The summed E-state index contributed by atoms with van der Waals surface area (Å²) in [7, 11) is -2.04. The second kappa shape index (κ2) is 11.8. The summed E-state index contributed by atoms with van der Waals surface area (Å²) in [6, 6.07) is 3.77. The maximum atomic E-state index is 13.0. The van der Waals surface area contributed by atoms with Crippen LogP contribution in [0.3, 0.4) is 0 Å². The molecule has 186 valence electrons. The number of nitrogens with zero attached hydrogens (tertiary/aromatic N) is 3. The van der Waals surface area contributed by atoms with Crippen LogP contribution in [0.5, 0.6) is 0 Å². The predicted molar refractivity (Wildman–Crippen MR) is 131 cm³/mol. The number of sulfonamides is 1. The lowest BCUT2D eigenvalue weighted by molar-refractivity contribution is -0.137. The van der Waals surface area contributed by atoms with E-state index in [1.807, 2.05) is 37.8 Å². The van der Waals surface area contributed by atoms with Gasteiger partial charge in [0.05, 0.1) is 11.5 Å². The average Bonchev–Trinajstić information content (AvgIpc) is 3.28. The third-order valence-electron chi connectivity index (χ3n) is 7.07. The molecule has 1 aromatic rings. The van der Waals surface area contributed by atoms with Crippen LogP contribution < -0.4 is 0 Å². The molecule has 0 N–H and O–H groups in total. The molecule has 0 spiro atoms. The van der Waals surface area contributed by atoms with Crippen molar-refractivity contribution >= 4 is 15.9 Å². The van der Waals surface area contributed by atoms with Gasteiger partial charge in [0, 0.05) is 26.7 Å². The van der Waals surface area contributed by atoms with E-state index in [1.165, 1.54) is 43.2 Å². The fraction of sp³-hybridized carbons (Fsp3) is 0.720. The van der Waals surface area contributed by atoms with Gasteiger partial charge in [-0.05, 0) is 89.6 Å². The van der Waals surface area contributed by atoms with Gasteiger partial charge in [0.2, 0.25) is 15.9 Å². The van der Waals surface area contributed by atoms with Crippen LogP contribution in [0.2, 0.25) is 0 Å². The number of carbonyl (C=O) groups excluding carboxylic acids is 1. The molecule has 2 fully saturated rings. The van der Waals surface area contributed by atoms with Crippen molar-refractivity contribution in [2.75, 3.05) is 59.5 Å². The molecule has 8 heteroatoms. The third-order valence-corrected chi connectivity index (χ3v) is 9.23. The minimum absolute atomic E-state index is 0.00345. The lowest BCUT2D eigenvalue weighted by atomic mass is 9.93. The van der Waals surface area contributed by atoms with Crippen molar-refractivity contribution in [2.24, 2.45) is 5.92 Å². The van der Waals surface area contributed by atoms with Gasteiger partial charge in [0.15, 0.2) is 0 Å². The predicted octanol–water partition coefficient (Wildman–Crippen LogP) is 2.97. The zero-order valence-corrected chi connectivity index (χ0v) is 21.6. The maximum Gasteiger partial charge on any atom is 0.248 e. The summed E-state index contributed by atoms with van der Waals surface area (Å²) in [6.07, 6.45) is 6.03. The molecular weight excluding hydrogens is 438 g/mol. The van der Waals surface area contributed by atoms with Crippen molar-refractivity contribution in [3.63, 3.8) is 0 Å². The number of amides is 1. The van der Waals surface area contributed by atoms with Crippen LogP contribution in [-0.4, -0.2) is 88.0 Å². The Bertz CT molecular complexity index is 881. The number of likely N-dealkylation sites (N-methyl/N-ethyl adjacent to an activating group) is 1. The molecule has 0 aliphatic carbocycles. The zero-order chi connectivity index (χ0) is 24.0. The molecule has 2 saturated heterocycles. The topological polar surface area (TPSA) is 70.2 Å². The summed E-state index contributed by atoms with van der Waals surface area (Å²) in [5, 5.41) is 0. The smallest absolute Gasteiger partial charge is 0.248 e. The molecular formula is C25H41N3O4S. The number of hydrogen-bond acceptors (Lipinski definition) is 5. The van der Waals surface area contributed by atoms with Gasteiger partial charge in [-0.1, -0.05) is 17.7 Å². The summed E-state index contributed by atoms with van der Waals surface area (Å²) in [5.41, 5.74) is 2.54. The van der Waals surface area contributed by atoms with Gasteiger partial charge in [0.25, 0.3) is 0 Å². The van der Waals surface area contributed by atoms with Gasteiger partial charge in [-0.15, -0.1) is 0 Å². The summed E-state index contributed by atoms with van der Waals surface area (Å²) in [6.45, 7) is 11.3. The molecule has 1 amide bonds. The Kier molecular flexibility index (Phi) is 9.33. The highest BCUT2D eigenvalue weighted by Crippen LogP contribution is 2.25. The molecule has 0 unspecified atom stereocenters. The van der Waals surface area contributed by atoms with E-state index in [2.05, 4.69) is 4.90 Å². The van der Waals surface area contributed by atoms with Crippen LogP contribution in [0.15, 0.2) is 17.0 Å². The van der Waals surface area contributed by atoms with Crippen LogP contribution >= 0.6 is 0 Å². The molecule has 1 aromatic carbocycles. The molecule has 0 saturated carbocycles. The first-order valence-corrected chi connectivity index (χ1v) is 13.7. The van der Waals surface area contributed by atoms with Crippen molar-refractivity contribution in [2.45, 2.75) is 57.8 Å². The molecule has 2 aliphatic rings. The fourth-order valence-electron chi connectivity index (χ4n) is 5.14. The van der Waals surface area contributed by atoms with Crippen molar-refractivity contribution in [1.82, 2.24) is 14.1 Å². The van der Waals surface area contributed by atoms with Crippen LogP contribution in [0.25, 0.3) is 0 Å². The Hall–Kier alpha value is -1.48. The van der Waals surface area contributed by atoms with Gasteiger partial charge < -0.3 is 14.5 Å². The molecule has 0 radical (unpaired) electrons. The van der Waals surface area contributed by atoms with E-state index < -0.39 is 10.0 Å². The molecule has 33 heavy (non-hydrogen) atoms. The van der Waals surface area contributed by atoms with E-state index in [1.54, 1.807) is 7.05 Å². The number of hydrogen-bond donors (Lipinski definition) is 0. The average molecular weight is 480 g/mol. The standard InChI is InChI=1S/C25H41N3O4S/c1-20-17-21(2)25(22(3)18-20)33(30,31)26(4)15-16-32-19-24(29)28-13-8-23(9-14-28)7-12-27-10-5-6-11-27/h17-18,23H,5-16,19H2,1-4H3. The molecule has 2 aliphatic heterocycles. The molecule has 0 bridgehead atoms. The van der Waals surface area contributed by atoms with Crippen LogP contribution in [0.1, 0.15) is 48.8 Å². The number of piperidine rings is 1. The third kappa shape index (κ3) is 7.01. The number of benzene rings is 1. The Morgan fingerprint density at radius 3 is 2.27 bits per heavy atom. The van der Waals surface area contributed by atoms with Crippen molar-refractivity contribution in [1.29, 1.82) is 0 Å². The summed E-state index contributed by atoms with van der Waals surface area (Å²) in [4.78, 5) is 17.3. The van der Waals surface area contributed by atoms with Crippen LogP contribution in [0.4, 0.5) is 0 Å². The lowest BCUT2D eigenvalue weighted by Crippen LogP contribution is -2.41. The van der Waals surface area contributed by atoms with Gasteiger partial charge in [-0.2, -0.15) is 4.31 Å². The normalized spacial score (nSPS) is 18.4. The molecule has 0 aromatic heterocycles. The largest absolute Gasteiger partial charge is 0.370 e. The Morgan fingerprint density at radius 1 is 1.06 bits per heavy atom. The number of carbonyl (C=O) groups is 1. The quantitative estimate of drug-likeness (QED) is 0.483. The second-order valence-corrected chi connectivity index (χ2v) is 11.8. The minimum atomic E-state index is -3.60. The van der Waals surface area contributed by atoms with E-state index in [0.717, 1.165) is 42.6 Å². The van der Waals surface area contributed by atoms with E-state index in [-0.39, 0.29) is 25.7 Å². The van der Waals surface area contributed by atoms with E-state index >= 15 is 0 Å². The van der Waals surface area contributed by atoms with E-state index in [9.17, 15) is 13.2 Å². The van der Waals surface area contributed by atoms with Gasteiger partial charge in [-0.25, -0.2) is 8.42 Å². The van der Waals surface area contributed by atoms with Crippen LogP contribution in [-0.2, 0) is 19.6 Å². The molecule has 2 heterocycles. The molecule has 0 atom stereocenters. The second-order valence-electron chi connectivity index (χ2n) is 9.77. The van der Waals surface area contributed by atoms with Crippen molar-refractivity contribution in [3.8, 4) is 0 Å². The molecule has 3 rings (SSSR count). The first-order chi connectivity index (χ1) is 15.7. The lowest BCUT2D eigenvalue weighted by Gasteiger charge is -2.32. The van der Waals surface area contributed by atoms with E-state index in [4.69, 9.17) is 4.74 Å². The number of rotatable bonds is 10. The van der Waals surface area contributed by atoms with Gasteiger partial charge in [-0.3, -0.25) is 4.79 Å². The summed E-state index contributed by atoms with van der Waals surface area (Å²) >= 11 is 0. The monoisotopic (exact) mass is 479 g/mol. The van der Waals surface area contributed by atoms with Gasteiger partial charge in [0.1, 0.15) is 6.61 Å². The zero-order valence-electron chi connectivity index (χ0n) is 20.8. The highest BCUT2D eigenvalue weighted by molar-refractivity contribution is 7.89. The highest BCUT2D eigenvalue weighted by atomic mass is 32.2. The SMILES string of the molecule is Cc1cc(C)c(S(=O)(=O)N(C)CCOCC(=O)N2CCC(CCN3CCCC3)CC2)c(C)c1. The minimum Gasteiger partial charge on any atom is -0.370 e. The number of aryl methyl sites for hydroxylation is 3. The van der Waals surface area contributed by atoms with Gasteiger partial charge >= 0.3 is 0 Å².